The first-order chi connectivity index (χ1) is 8.49. The van der Waals surface area contributed by atoms with Crippen LogP contribution in [0.1, 0.15) is 0 Å². The van der Waals surface area contributed by atoms with Crippen LogP contribution in [-0.4, -0.2) is 0 Å². The fourth-order valence-corrected chi connectivity index (χ4v) is 2.27. The predicted molar refractivity (Wildman–Crippen MR) is 79.6 cm³/mol. The third-order valence-corrected chi connectivity index (χ3v) is 4.24. The molecule has 0 atom stereocenters. The lowest BCUT2D eigenvalue weighted by Gasteiger charge is -1.85. The van der Waals surface area contributed by atoms with Crippen molar-refractivity contribution in [1.82, 2.24) is 0 Å². The molecule has 0 aliphatic rings. The summed E-state index contributed by atoms with van der Waals surface area (Å²) in [7, 11) is 0. The monoisotopic (exact) mass is 476 g/mol. The van der Waals surface area contributed by atoms with Gasteiger partial charge in [-0.3, -0.25) is 0 Å². The van der Waals surface area contributed by atoms with Gasteiger partial charge in [-0.25, -0.2) is 14.9 Å². The van der Waals surface area contributed by atoms with Gasteiger partial charge in [-0.05, 0) is 71.1 Å². The van der Waals surface area contributed by atoms with Crippen LogP contribution in [0.15, 0.2) is 48.5 Å². The molecule has 0 saturated carbocycles. The molecule has 0 aromatic heterocycles. The van der Waals surface area contributed by atoms with Crippen molar-refractivity contribution in [3.8, 4) is 0 Å². The van der Waals surface area contributed by atoms with Crippen molar-refractivity contribution < 1.29 is 14.9 Å². The van der Waals surface area contributed by atoms with Crippen LogP contribution in [0.5, 0.6) is 0 Å². The smallest absolute Gasteiger partial charge is 0.230 e. The fraction of sp³-hybridized carbons (Fsp3) is 0. The van der Waals surface area contributed by atoms with E-state index in [0.717, 1.165) is 15.7 Å². The van der Waals surface area contributed by atoms with E-state index in [-0.39, 0.29) is 9.39 Å². The molecule has 6 heteroatoms. The van der Waals surface area contributed by atoms with Gasteiger partial charge in [-0.1, -0.05) is 0 Å². The molecule has 2 aromatic carbocycles. The Morgan fingerprint density at radius 1 is 0.778 bits per heavy atom. The maximum Gasteiger partial charge on any atom is 0.340 e. The second kappa shape index (κ2) is 7.72. The minimum atomic E-state index is -3.37. The Kier molecular flexibility index (Phi) is 6.61. The van der Waals surface area contributed by atoms with Gasteiger partial charge in [-0.15, -0.1) is 0 Å². The van der Waals surface area contributed by atoms with E-state index in [1.54, 1.807) is 12.1 Å². The molecule has 0 heterocycles. The average molecular weight is 476 g/mol. The lowest BCUT2D eigenvalue weighted by molar-refractivity contribution is 0.610. The zero-order valence-electron chi connectivity index (χ0n) is 8.95. The summed E-state index contributed by atoms with van der Waals surface area (Å²) in [6.07, 6.45) is 0. The van der Waals surface area contributed by atoms with E-state index in [1.807, 2.05) is 0 Å². The third kappa shape index (κ3) is 5.80. The SMILES string of the molecule is Fc1ccc(I)cc1.O=I(=O)c1ccc(F)cc1. The van der Waals surface area contributed by atoms with Gasteiger partial charge in [0.15, 0.2) is 0 Å². The van der Waals surface area contributed by atoms with Crippen LogP contribution in [0.25, 0.3) is 0 Å². The van der Waals surface area contributed by atoms with E-state index in [0.29, 0.717) is 0 Å². The van der Waals surface area contributed by atoms with E-state index in [1.165, 1.54) is 24.3 Å². The summed E-state index contributed by atoms with van der Waals surface area (Å²) in [5.41, 5.74) is 0. The Balaban J connectivity index is 0.000000184. The second-order valence-electron chi connectivity index (χ2n) is 3.09. The molecule has 0 fully saturated rings. The number of rotatable bonds is 1. The second-order valence-corrected chi connectivity index (χ2v) is 6.82. The van der Waals surface area contributed by atoms with E-state index >= 15 is 0 Å². The minimum Gasteiger partial charge on any atom is -0.230 e. The molecule has 0 N–H and O–H groups in total. The zero-order valence-corrected chi connectivity index (χ0v) is 13.3. The van der Waals surface area contributed by atoms with Crippen molar-refractivity contribution in [1.29, 1.82) is 0 Å². The lowest BCUT2D eigenvalue weighted by Crippen LogP contribution is -1.73. The molecule has 0 spiro atoms. The highest BCUT2D eigenvalue weighted by Crippen LogP contribution is 2.16. The van der Waals surface area contributed by atoms with Crippen LogP contribution in [0, 0.1) is 18.8 Å². The van der Waals surface area contributed by atoms with E-state index in [4.69, 9.17) is 0 Å². The molecule has 2 aromatic rings. The zero-order chi connectivity index (χ0) is 13.5. The maximum atomic E-state index is 12.2. The number of halogens is 4. The van der Waals surface area contributed by atoms with Gasteiger partial charge in [0.2, 0.25) is 0 Å². The van der Waals surface area contributed by atoms with Crippen molar-refractivity contribution in [3.05, 3.63) is 67.3 Å². The van der Waals surface area contributed by atoms with Crippen LogP contribution in [0.3, 0.4) is 0 Å². The van der Waals surface area contributed by atoms with E-state index in [9.17, 15) is 14.9 Å². The first-order valence-corrected chi connectivity index (χ1v) is 8.63. The molecule has 0 aliphatic heterocycles. The van der Waals surface area contributed by atoms with Gasteiger partial charge in [0.25, 0.3) is 0 Å². The summed E-state index contributed by atoms with van der Waals surface area (Å²) >= 11 is -1.24. The van der Waals surface area contributed by atoms with Gasteiger partial charge < -0.3 is 0 Å². The minimum absolute atomic E-state index is 0.176. The molecule has 0 bridgehead atoms. The van der Waals surface area contributed by atoms with Crippen molar-refractivity contribution in [3.63, 3.8) is 0 Å². The Hall–Kier alpha value is -0.640. The maximum absolute atomic E-state index is 12.2. The average Bonchev–Trinajstić information content (AvgIpc) is 2.34. The first-order valence-electron chi connectivity index (χ1n) is 4.71. The van der Waals surface area contributed by atoms with Crippen LogP contribution < -0.4 is 0 Å². The Morgan fingerprint density at radius 3 is 1.50 bits per heavy atom. The highest BCUT2D eigenvalue weighted by Gasteiger charge is 1.96. The predicted octanol–water partition coefficient (Wildman–Crippen LogP) is 4.62. The molecule has 96 valence electrons. The van der Waals surface area contributed by atoms with E-state index in [2.05, 4.69) is 22.6 Å². The highest BCUT2D eigenvalue weighted by atomic mass is 127. The molecule has 0 radical (unpaired) electrons. The topological polar surface area (TPSA) is 34.1 Å². The fourth-order valence-electron chi connectivity index (χ4n) is 0.962. The van der Waals surface area contributed by atoms with Gasteiger partial charge >= 0.3 is 19.8 Å². The Morgan fingerprint density at radius 2 is 1.17 bits per heavy atom. The first kappa shape index (κ1) is 15.4. The van der Waals surface area contributed by atoms with Crippen LogP contribution in [-0.2, 0) is 6.14 Å². The van der Waals surface area contributed by atoms with Gasteiger partial charge in [-0.2, -0.15) is 0 Å². The molecule has 0 amide bonds. The summed E-state index contributed by atoms with van der Waals surface area (Å²) in [5, 5.41) is 0. The molecular formula is C12H8F2I2O2. The summed E-state index contributed by atoms with van der Waals surface area (Å²) in [5.74, 6) is -0.591. The van der Waals surface area contributed by atoms with Crippen molar-refractivity contribution in [2.45, 2.75) is 0 Å². The summed E-state index contributed by atoms with van der Waals surface area (Å²) in [6, 6.07) is 11.2. The van der Waals surface area contributed by atoms with Crippen molar-refractivity contribution in [2.24, 2.45) is 0 Å². The standard InChI is InChI=1S/C6H4FIO2.C6H4FI/c7-5-1-3-6(4-2-5)8(9)10;7-5-1-3-6(8)4-2-5/h1-4H;1-4H. The molecule has 0 aliphatic carbocycles. The van der Waals surface area contributed by atoms with Crippen LogP contribution in [0.4, 0.5) is 8.78 Å². The van der Waals surface area contributed by atoms with Gasteiger partial charge in [0, 0.05) is 3.57 Å². The molecule has 0 unspecified atom stereocenters. The number of hydrogen-bond donors (Lipinski definition) is 0. The quantitative estimate of drug-likeness (QED) is 0.564. The van der Waals surface area contributed by atoms with Gasteiger partial charge in [0.1, 0.15) is 11.6 Å². The largest absolute Gasteiger partial charge is 0.340 e. The Labute approximate surface area is 124 Å². The van der Waals surface area contributed by atoms with Crippen LogP contribution >= 0.6 is 42.4 Å². The molecule has 2 rings (SSSR count). The van der Waals surface area contributed by atoms with Gasteiger partial charge in [0.05, 0.1) is 3.57 Å². The molecule has 0 saturated heterocycles. The van der Waals surface area contributed by atoms with Crippen molar-refractivity contribution in [2.75, 3.05) is 0 Å². The summed E-state index contributed by atoms with van der Waals surface area (Å²) in [4.78, 5) is 0. The highest BCUT2D eigenvalue weighted by molar-refractivity contribution is 14.2. The van der Waals surface area contributed by atoms with Crippen molar-refractivity contribution >= 4 is 42.4 Å². The summed E-state index contributed by atoms with van der Waals surface area (Å²) in [6.45, 7) is 0. The summed E-state index contributed by atoms with van der Waals surface area (Å²) < 4.78 is 46.2. The molecule has 18 heavy (non-hydrogen) atoms. The Bertz CT molecular complexity index is 535. The molecule has 2 nitrogen and oxygen atoms in total. The third-order valence-electron chi connectivity index (χ3n) is 1.79. The number of benzene rings is 2. The van der Waals surface area contributed by atoms with E-state index < -0.39 is 25.6 Å². The number of hydrogen-bond acceptors (Lipinski definition) is 2. The lowest BCUT2D eigenvalue weighted by atomic mass is 10.4. The molecular weight excluding hydrogens is 468 g/mol. The van der Waals surface area contributed by atoms with Crippen LogP contribution in [0.2, 0.25) is 0 Å². The normalized spacial score (nSPS) is 9.78.